The van der Waals surface area contributed by atoms with E-state index in [1.165, 1.54) is 18.3 Å². The first kappa shape index (κ1) is 40.3. The fraction of sp³-hybridized carbons (Fsp3) is 0.658. The summed E-state index contributed by atoms with van der Waals surface area (Å²) in [5.41, 5.74) is 1.10. The number of amides is 3. The number of nitrogens with one attached hydrogen (secondary N) is 1. The number of Topliss-reactive ketones (excluding diaryl/α,β-unsaturated/α-hetero) is 1. The SMILES string of the molecule is CC[C@H](C)[C@@H]([C@@H](CC(=O)N1CCC[C@H]1[C@H](OC)[C@@H](C)C(=O)N[C@@H](Cc1ccccc1)c1nccs1)OC)N(C)C(=O)[C@@H](CC(C)=O)C(C)C. The van der Waals surface area contributed by atoms with Gasteiger partial charge in [-0.1, -0.05) is 71.4 Å². The second-order valence-corrected chi connectivity index (χ2v) is 14.9. The number of carbonyl (C=O) groups excluding carboxylic acids is 4. The first-order valence-electron chi connectivity index (χ1n) is 17.7. The van der Waals surface area contributed by atoms with E-state index in [-0.39, 0.29) is 66.3 Å². The summed E-state index contributed by atoms with van der Waals surface area (Å²) in [5.74, 6) is -1.32. The van der Waals surface area contributed by atoms with Crippen LogP contribution in [0, 0.1) is 23.7 Å². The van der Waals surface area contributed by atoms with Gasteiger partial charge in [0.05, 0.1) is 42.7 Å². The molecule has 0 saturated carbocycles. The minimum absolute atomic E-state index is 0.00947. The molecule has 1 aromatic heterocycles. The number of carbonyl (C=O) groups is 4. The van der Waals surface area contributed by atoms with Crippen LogP contribution < -0.4 is 5.32 Å². The highest BCUT2D eigenvalue weighted by Crippen LogP contribution is 2.31. The molecule has 0 bridgehead atoms. The zero-order valence-corrected chi connectivity index (χ0v) is 31.7. The molecule has 3 amide bonds. The number of hydrogen-bond donors (Lipinski definition) is 1. The van der Waals surface area contributed by atoms with Gasteiger partial charge in [0.25, 0.3) is 0 Å². The third-order valence-electron chi connectivity index (χ3n) is 10.2. The lowest BCUT2D eigenvalue weighted by molar-refractivity contribution is -0.149. The smallest absolute Gasteiger partial charge is 0.226 e. The van der Waals surface area contributed by atoms with Crippen molar-refractivity contribution >= 4 is 34.8 Å². The summed E-state index contributed by atoms with van der Waals surface area (Å²) in [6.45, 7) is 12.0. The molecule has 1 aliphatic rings. The Morgan fingerprint density at radius 3 is 2.31 bits per heavy atom. The molecule has 2 heterocycles. The Morgan fingerprint density at radius 1 is 1.06 bits per heavy atom. The fourth-order valence-corrected chi connectivity index (χ4v) is 7.93. The lowest BCUT2D eigenvalue weighted by Gasteiger charge is -2.40. The van der Waals surface area contributed by atoms with Gasteiger partial charge in [-0.15, -0.1) is 11.3 Å². The van der Waals surface area contributed by atoms with E-state index in [2.05, 4.69) is 24.1 Å². The van der Waals surface area contributed by atoms with Crippen LogP contribution in [0.15, 0.2) is 41.9 Å². The van der Waals surface area contributed by atoms with Crippen molar-refractivity contribution < 1.29 is 28.7 Å². The molecule has 1 aliphatic heterocycles. The average molecular weight is 699 g/mol. The van der Waals surface area contributed by atoms with Gasteiger partial charge in [0, 0.05) is 51.7 Å². The Bertz CT molecular complexity index is 1340. The van der Waals surface area contributed by atoms with Crippen molar-refractivity contribution in [3.63, 3.8) is 0 Å². The normalized spacial score (nSPS) is 19.1. The minimum Gasteiger partial charge on any atom is -0.379 e. The highest BCUT2D eigenvalue weighted by atomic mass is 32.1. The molecule has 1 N–H and O–H groups in total. The summed E-state index contributed by atoms with van der Waals surface area (Å²) in [4.78, 5) is 61.8. The van der Waals surface area contributed by atoms with Crippen molar-refractivity contribution in [1.29, 1.82) is 0 Å². The third kappa shape index (κ3) is 10.7. The van der Waals surface area contributed by atoms with Gasteiger partial charge in [-0.2, -0.15) is 0 Å². The lowest BCUT2D eigenvalue weighted by atomic mass is 9.86. The number of ketones is 1. The maximum absolute atomic E-state index is 14.1. The Hall–Kier alpha value is -3.15. The summed E-state index contributed by atoms with van der Waals surface area (Å²) in [6, 6.07) is 9.07. The van der Waals surface area contributed by atoms with Gasteiger partial charge in [0.15, 0.2) is 0 Å². The maximum atomic E-state index is 14.1. The third-order valence-corrected chi connectivity index (χ3v) is 11.1. The molecule has 10 nitrogen and oxygen atoms in total. The number of likely N-dealkylation sites (N-methyl/N-ethyl adjacent to an activating group) is 1. The molecule has 1 saturated heterocycles. The van der Waals surface area contributed by atoms with Crippen molar-refractivity contribution in [3.05, 3.63) is 52.5 Å². The van der Waals surface area contributed by atoms with Crippen LogP contribution in [0.3, 0.4) is 0 Å². The molecule has 8 atom stereocenters. The topological polar surface area (TPSA) is 118 Å². The van der Waals surface area contributed by atoms with Crippen molar-refractivity contribution in [3.8, 4) is 0 Å². The Labute approximate surface area is 297 Å². The van der Waals surface area contributed by atoms with Crippen LogP contribution in [-0.4, -0.2) is 90.4 Å². The lowest BCUT2D eigenvalue weighted by Crippen LogP contribution is -2.54. The standard InChI is InChI=1S/C38H58N4O6S/c1-10-25(4)34(41(7)38(46)29(24(2)3)21-26(5)43)32(47-8)23-33(44)42-19-14-17-31(42)35(48-9)27(6)36(45)40-30(37-39-18-20-49-37)22-28-15-12-11-13-16-28/h11-13,15-16,18,20,24-25,27,29-32,34-35H,10,14,17,19,21-23H2,1-9H3,(H,40,45)/t25-,27+,29-,30-,31-,32+,34-,35+/m0/s1. The molecule has 0 radical (unpaired) electrons. The molecule has 2 aromatic rings. The Balaban J connectivity index is 1.77. The highest BCUT2D eigenvalue weighted by Gasteiger charge is 2.43. The summed E-state index contributed by atoms with van der Waals surface area (Å²) >= 11 is 1.51. The number of methoxy groups -OCH3 is 2. The van der Waals surface area contributed by atoms with E-state index in [4.69, 9.17) is 9.47 Å². The summed E-state index contributed by atoms with van der Waals surface area (Å²) in [7, 11) is 4.95. The minimum atomic E-state index is -0.554. The average Bonchev–Trinajstić information content (AvgIpc) is 3.80. The van der Waals surface area contributed by atoms with E-state index in [1.54, 1.807) is 32.4 Å². The molecule has 0 unspecified atom stereocenters. The number of rotatable bonds is 19. The summed E-state index contributed by atoms with van der Waals surface area (Å²) in [6.07, 6.45) is 3.84. The van der Waals surface area contributed by atoms with Gasteiger partial charge in [-0.25, -0.2) is 4.98 Å². The maximum Gasteiger partial charge on any atom is 0.226 e. The first-order valence-corrected chi connectivity index (χ1v) is 18.6. The van der Waals surface area contributed by atoms with Gasteiger partial charge in [0.1, 0.15) is 10.8 Å². The van der Waals surface area contributed by atoms with Gasteiger partial charge in [-0.05, 0) is 43.6 Å². The zero-order chi connectivity index (χ0) is 36.2. The van der Waals surface area contributed by atoms with Gasteiger partial charge in [-0.3, -0.25) is 14.4 Å². The number of nitrogens with zero attached hydrogens (tertiary/aromatic N) is 3. The van der Waals surface area contributed by atoms with E-state index in [0.29, 0.717) is 19.4 Å². The van der Waals surface area contributed by atoms with Crippen LogP contribution in [0.5, 0.6) is 0 Å². The van der Waals surface area contributed by atoms with Crippen molar-refractivity contribution in [1.82, 2.24) is 20.1 Å². The van der Waals surface area contributed by atoms with E-state index in [9.17, 15) is 19.2 Å². The van der Waals surface area contributed by atoms with E-state index < -0.39 is 24.0 Å². The van der Waals surface area contributed by atoms with Crippen LogP contribution >= 0.6 is 11.3 Å². The molecule has 49 heavy (non-hydrogen) atoms. The predicted octanol–water partition coefficient (Wildman–Crippen LogP) is 5.71. The number of ether oxygens (including phenoxy) is 2. The predicted molar refractivity (Wildman–Crippen MR) is 193 cm³/mol. The number of thiazole rings is 1. The zero-order valence-electron chi connectivity index (χ0n) is 30.9. The number of likely N-dealkylation sites (tertiary alicyclic amines) is 1. The second kappa shape index (κ2) is 19.3. The highest BCUT2D eigenvalue weighted by molar-refractivity contribution is 7.09. The van der Waals surface area contributed by atoms with Crippen LogP contribution in [0.4, 0.5) is 0 Å². The molecule has 272 valence electrons. The van der Waals surface area contributed by atoms with E-state index in [1.807, 2.05) is 61.4 Å². The molecule has 0 aliphatic carbocycles. The monoisotopic (exact) mass is 698 g/mol. The van der Waals surface area contributed by atoms with Crippen molar-refractivity contribution in [2.75, 3.05) is 27.8 Å². The Morgan fingerprint density at radius 2 is 1.76 bits per heavy atom. The molecule has 11 heteroatoms. The molecular formula is C38H58N4O6S. The van der Waals surface area contributed by atoms with E-state index >= 15 is 0 Å². The van der Waals surface area contributed by atoms with Crippen LogP contribution in [0.25, 0.3) is 0 Å². The number of hydrogen-bond acceptors (Lipinski definition) is 8. The molecular weight excluding hydrogens is 641 g/mol. The van der Waals surface area contributed by atoms with Crippen LogP contribution in [-0.2, 0) is 35.1 Å². The van der Waals surface area contributed by atoms with E-state index in [0.717, 1.165) is 23.4 Å². The molecule has 1 fully saturated rings. The van der Waals surface area contributed by atoms with Crippen LogP contribution in [0.2, 0.25) is 0 Å². The number of benzene rings is 1. The number of aromatic nitrogens is 1. The summed E-state index contributed by atoms with van der Waals surface area (Å²) < 4.78 is 12.0. The largest absolute Gasteiger partial charge is 0.379 e. The Kier molecular flexibility index (Phi) is 15.9. The molecule has 0 spiro atoms. The van der Waals surface area contributed by atoms with Gasteiger partial charge >= 0.3 is 0 Å². The van der Waals surface area contributed by atoms with Crippen molar-refractivity contribution in [2.45, 2.75) is 110 Å². The van der Waals surface area contributed by atoms with Crippen molar-refractivity contribution in [2.24, 2.45) is 23.7 Å². The molecule has 1 aromatic carbocycles. The second-order valence-electron chi connectivity index (χ2n) is 14.0. The molecule has 3 rings (SSSR count). The van der Waals surface area contributed by atoms with Gasteiger partial charge < -0.3 is 29.4 Å². The van der Waals surface area contributed by atoms with Gasteiger partial charge in [0.2, 0.25) is 17.7 Å². The summed E-state index contributed by atoms with van der Waals surface area (Å²) in [5, 5.41) is 5.97. The fourth-order valence-electron chi connectivity index (χ4n) is 7.25. The quantitative estimate of drug-likeness (QED) is 0.200. The van der Waals surface area contributed by atoms with Crippen LogP contribution in [0.1, 0.15) is 90.3 Å². The first-order chi connectivity index (χ1) is 23.3.